The molecule has 28 heavy (non-hydrogen) atoms. The summed E-state index contributed by atoms with van der Waals surface area (Å²) in [7, 11) is 3.24. The molecule has 0 amide bonds. The van der Waals surface area contributed by atoms with Crippen molar-refractivity contribution in [1.29, 1.82) is 0 Å². The maximum atomic E-state index is 12.0. The summed E-state index contributed by atoms with van der Waals surface area (Å²) in [6, 6.07) is 5.93. The highest BCUT2D eigenvalue weighted by Crippen LogP contribution is 2.20. The zero-order valence-corrected chi connectivity index (χ0v) is 18.7. The number of aryl methyl sites for hydroxylation is 1. The molecule has 0 saturated carbocycles. The Kier molecular flexibility index (Phi) is 14.0. The Morgan fingerprint density at radius 2 is 1.89 bits per heavy atom. The molecule has 0 heterocycles. The van der Waals surface area contributed by atoms with Crippen molar-refractivity contribution in [2.24, 2.45) is 4.99 Å². The van der Waals surface area contributed by atoms with E-state index in [9.17, 15) is 13.2 Å². The second-order valence-electron chi connectivity index (χ2n) is 5.83. The van der Waals surface area contributed by atoms with Crippen LogP contribution in [0.3, 0.4) is 0 Å². The number of methoxy groups -OCH3 is 1. The van der Waals surface area contributed by atoms with E-state index in [2.05, 4.69) is 20.4 Å². The summed E-state index contributed by atoms with van der Waals surface area (Å²) in [4.78, 5) is 4.10. The van der Waals surface area contributed by atoms with Gasteiger partial charge in [0.05, 0.1) is 6.61 Å². The van der Waals surface area contributed by atoms with Crippen LogP contribution >= 0.6 is 24.0 Å². The molecule has 0 fully saturated rings. The molecular weight excluding hydrogens is 490 g/mol. The molecule has 1 aromatic carbocycles. The summed E-state index contributed by atoms with van der Waals surface area (Å²) < 4.78 is 51.2. The SMILES string of the molecule is CN=C(NCCCOCC(F)(F)F)NCc1ccc(C)cc1OCCOC.I. The van der Waals surface area contributed by atoms with Gasteiger partial charge in [0.15, 0.2) is 5.96 Å². The quantitative estimate of drug-likeness (QED) is 0.204. The van der Waals surface area contributed by atoms with Crippen molar-refractivity contribution in [2.75, 3.05) is 47.1 Å². The van der Waals surface area contributed by atoms with E-state index in [1.54, 1.807) is 14.2 Å². The Balaban J connectivity index is 0.00000729. The monoisotopic (exact) mass is 519 g/mol. The molecule has 0 aliphatic carbocycles. The lowest BCUT2D eigenvalue weighted by molar-refractivity contribution is -0.173. The molecule has 0 aliphatic rings. The van der Waals surface area contributed by atoms with E-state index in [-0.39, 0.29) is 30.6 Å². The van der Waals surface area contributed by atoms with Gasteiger partial charge in [-0.1, -0.05) is 12.1 Å². The van der Waals surface area contributed by atoms with Crippen molar-refractivity contribution in [1.82, 2.24) is 10.6 Å². The van der Waals surface area contributed by atoms with E-state index in [1.807, 2.05) is 25.1 Å². The fraction of sp³-hybridized carbons (Fsp3) is 0.611. The lowest BCUT2D eigenvalue weighted by Gasteiger charge is -2.15. The maximum Gasteiger partial charge on any atom is 0.411 e. The highest BCUT2D eigenvalue weighted by molar-refractivity contribution is 14.0. The predicted octanol–water partition coefficient (Wildman–Crippen LogP) is 3.27. The standard InChI is InChI=1S/C18H28F3N3O3.HI/c1-14-5-6-15(16(11-14)27-10-9-25-3)12-24-17(22-2)23-7-4-8-26-13-18(19,20)21;/h5-6,11H,4,7-10,12-13H2,1-3H3,(H2,22,23,24);1H. The average Bonchev–Trinajstić information content (AvgIpc) is 2.61. The smallest absolute Gasteiger partial charge is 0.411 e. The molecule has 10 heteroatoms. The molecule has 0 aromatic heterocycles. The molecule has 0 atom stereocenters. The third-order valence-corrected chi connectivity index (χ3v) is 3.46. The number of benzene rings is 1. The van der Waals surface area contributed by atoms with Gasteiger partial charge in [0.2, 0.25) is 0 Å². The van der Waals surface area contributed by atoms with Gasteiger partial charge in [0, 0.05) is 39.4 Å². The van der Waals surface area contributed by atoms with Crippen LogP contribution in [0.4, 0.5) is 13.2 Å². The number of hydrogen-bond acceptors (Lipinski definition) is 4. The number of alkyl halides is 3. The average molecular weight is 519 g/mol. The minimum Gasteiger partial charge on any atom is -0.491 e. The van der Waals surface area contributed by atoms with E-state index in [4.69, 9.17) is 9.47 Å². The summed E-state index contributed by atoms with van der Waals surface area (Å²) in [6.07, 6.45) is -3.85. The van der Waals surface area contributed by atoms with Crippen LogP contribution in [-0.2, 0) is 16.0 Å². The van der Waals surface area contributed by atoms with Crippen molar-refractivity contribution in [3.63, 3.8) is 0 Å². The zero-order valence-electron chi connectivity index (χ0n) is 16.4. The minimum atomic E-state index is -4.29. The van der Waals surface area contributed by atoms with Gasteiger partial charge in [0.25, 0.3) is 0 Å². The second-order valence-corrected chi connectivity index (χ2v) is 5.83. The molecule has 6 nitrogen and oxygen atoms in total. The number of halogens is 4. The third-order valence-electron chi connectivity index (χ3n) is 3.46. The maximum absolute atomic E-state index is 12.0. The molecule has 0 radical (unpaired) electrons. The molecular formula is C18H29F3IN3O3. The highest BCUT2D eigenvalue weighted by atomic mass is 127. The molecule has 1 rings (SSSR count). The number of aliphatic imine (C=N–C) groups is 1. The van der Waals surface area contributed by atoms with Crippen LogP contribution in [0.5, 0.6) is 5.75 Å². The summed E-state index contributed by atoms with van der Waals surface area (Å²) in [5, 5.41) is 6.20. The number of ether oxygens (including phenoxy) is 3. The van der Waals surface area contributed by atoms with Gasteiger partial charge in [-0.2, -0.15) is 13.2 Å². The van der Waals surface area contributed by atoms with Crippen LogP contribution in [-0.4, -0.2) is 59.3 Å². The molecule has 0 saturated heterocycles. The van der Waals surface area contributed by atoms with E-state index in [0.29, 0.717) is 38.7 Å². The van der Waals surface area contributed by atoms with Gasteiger partial charge < -0.3 is 24.8 Å². The first-order chi connectivity index (χ1) is 12.9. The van der Waals surface area contributed by atoms with E-state index in [1.165, 1.54) is 0 Å². The fourth-order valence-corrected chi connectivity index (χ4v) is 2.15. The number of rotatable bonds is 11. The van der Waals surface area contributed by atoms with Gasteiger partial charge >= 0.3 is 6.18 Å². The Morgan fingerprint density at radius 1 is 1.14 bits per heavy atom. The molecule has 0 unspecified atom stereocenters. The summed E-state index contributed by atoms with van der Waals surface area (Å²) in [5.74, 6) is 1.32. The Morgan fingerprint density at radius 3 is 2.54 bits per heavy atom. The number of guanidine groups is 1. The van der Waals surface area contributed by atoms with Crippen LogP contribution in [0, 0.1) is 6.92 Å². The van der Waals surface area contributed by atoms with Crippen molar-refractivity contribution in [2.45, 2.75) is 26.1 Å². The third kappa shape index (κ3) is 12.2. The van der Waals surface area contributed by atoms with Crippen LogP contribution in [0.2, 0.25) is 0 Å². The molecule has 1 aromatic rings. The van der Waals surface area contributed by atoms with Crippen molar-refractivity contribution in [3.05, 3.63) is 29.3 Å². The first kappa shape index (κ1) is 26.7. The van der Waals surface area contributed by atoms with Gasteiger partial charge in [-0.05, 0) is 25.0 Å². The van der Waals surface area contributed by atoms with Crippen LogP contribution in [0.1, 0.15) is 17.5 Å². The van der Waals surface area contributed by atoms with Gasteiger partial charge in [-0.3, -0.25) is 4.99 Å². The van der Waals surface area contributed by atoms with Crippen molar-refractivity contribution < 1.29 is 27.4 Å². The fourth-order valence-electron chi connectivity index (χ4n) is 2.15. The van der Waals surface area contributed by atoms with Crippen LogP contribution in [0.25, 0.3) is 0 Å². The van der Waals surface area contributed by atoms with Gasteiger partial charge in [0.1, 0.15) is 19.0 Å². The second kappa shape index (κ2) is 14.7. The largest absolute Gasteiger partial charge is 0.491 e. The molecule has 0 aliphatic heterocycles. The summed E-state index contributed by atoms with van der Waals surface area (Å²) >= 11 is 0. The van der Waals surface area contributed by atoms with Gasteiger partial charge in [-0.15, -0.1) is 24.0 Å². The molecule has 0 spiro atoms. The Labute approximate surface area is 181 Å². The normalized spacial score (nSPS) is 11.7. The lowest BCUT2D eigenvalue weighted by atomic mass is 10.1. The molecule has 2 N–H and O–H groups in total. The highest BCUT2D eigenvalue weighted by Gasteiger charge is 2.27. The molecule has 0 bridgehead atoms. The topological polar surface area (TPSA) is 64.1 Å². The number of nitrogens with zero attached hydrogens (tertiary/aromatic N) is 1. The first-order valence-electron chi connectivity index (χ1n) is 8.66. The first-order valence-corrected chi connectivity index (χ1v) is 8.66. The zero-order chi connectivity index (χ0) is 20.1. The lowest BCUT2D eigenvalue weighted by Crippen LogP contribution is -2.37. The van der Waals surface area contributed by atoms with E-state index >= 15 is 0 Å². The summed E-state index contributed by atoms with van der Waals surface area (Å²) in [5.41, 5.74) is 2.06. The number of hydrogen-bond donors (Lipinski definition) is 2. The van der Waals surface area contributed by atoms with Crippen LogP contribution in [0.15, 0.2) is 23.2 Å². The van der Waals surface area contributed by atoms with Crippen molar-refractivity contribution in [3.8, 4) is 5.75 Å². The Hall–Kier alpha value is -1.27. The summed E-state index contributed by atoms with van der Waals surface area (Å²) in [6.45, 7) is 2.69. The Bertz CT molecular complexity index is 587. The van der Waals surface area contributed by atoms with Crippen molar-refractivity contribution >= 4 is 29.9 Å². The van der Waals surface area contributed by atoms with E-state index in [0.717, 1.165) is 16.9 Å². The predicted molar refractivity (Wildman–Crippen MR) is 114 cm³/mol. The van der Waals surface area contributed by atoms with E-state index < -0.39 is 12.8 Å². The number of nitrogens with one attached hydrogen (secondary N) is 2. The minimum absolute atomic E-state index is 0. The van der Waals surface area contributed by atoms with Gasteiger partial charge in [-0.25, -0.2) is 0 Å². The molecule has 162 valence electrons. The van der Waals surface area contributed by atoms with Crippen LogP contribution < -0.4 is 15.4 Å².